The molecule has 2 aromatic heterocycles. The number of nitrogens with two attached hydrogens (primary N) is 1. The van der Waals surface area contributed by atoms with Crippen molar-refractivity contribution in [1.82, 2.24) is 19.3 Å². The van der Waals surface area contributed by atoms with Gasteiger partial charge in [0, 0.05) is 18.7 Å². The molecular weight excluding hydrogens is 382 g/mol. The van der Waals surface area contributed by atoms with Gasteiger partial charge in [0.25, 0.3) is 0 Å². The van der Waals surface area contributed by atoms with Crippen molar-refractivity contribution in [3.8, 4) is 17.1 Å². The summed E-state index contributed by atoms with van der Waals surface area (Å²) in [6.07, 6.45) is 7.68. The van der Waals surface area contributed by atoms with Crippen molar-refractivity contribution in [2.45, 2.75) is 38.3 Å². The lowest BCUT2D eigenvalue weighted by Gasteiger charge is -2.25. The van der Waals surface area contributed by atoms with Gasteiger partial charge in [0.05, 0.1) is 43.1 Å². The van der Waals surface area contributed by atoms with Gasteiger partial charge in [0.1, 0.15) is 17.1 Å². The van der Waals surface area contributed by atoms with Crippen LogP contribution in [0, 0.1) is 11.8 Å². The van der Waals surface area contributed by atoms with Gasteiger partial charge in [-0.05, 0) is 49.3 Å². The third kappa shape index (κ3) is 2.98. The Labute approximate surface area is 174 Å². The van der Waals surface area contributed by atoms with E-state index in [-0.39, 0.29) is 11.8 Å². The maximum absolute atomic E-state index is 12.0. The molecule has 2 aliphatic heterocycles. The van der Waals surface area contributed by atoms with E-state index in [1.165, 1.54) is 0 Å². The van der Waals surface area contributed by atoms with E-state index in [0.717, 1.165) is 59.5 Å². The largest absolute Gasteiger partial charge is 0.491 e. The zero-order valence-corrected chi connectivity index (χ0v) is 16.8. The number of aryl methyl sites for hydroxylation is 1. The van der Waals surface area contributed by atoms with Crippen molar-refractivity contribution < 1.29 is 14.3 Å². The minimum absolute atomic E-state index is 0.107. The van der Waals surface area contributed by atoms with Crippen LogP contribution >= 0.6 is 0 Å². The fraction of sp³-hybridized carbons (Fsp3) is 0.500. The van der Waals surface area contributed by atoms with Crippen molar-refractivity contribution >= 4 is 16.9 Å². The number of amides is 1. The lowest BCUT2D eigenvalue weighted by Crippen LogP contribution is -2.30. The Morgan fingerprint density at radius 1 is 1.30 bits per heavy atom. The molecule has 1 amide bonds. The second-order valence-corrected chi connectivity index (χ2v) is 8.70. The Morgan fingerprint density at radius 2 is 2.17 bits per heavy atom. The molecule has 8 heteroatoms. The van der Waals surface area contributed by atoms with E-state index in [0.29, 0.717) is 38.2 Å². The lowest BCUT2D eigenvalue weighted by molar-refractivity contribution is -0.122. The monoisotopic (exact) mass is 407 g/mol. The van der Waals surface area contributed by atoms with E-state index >= 15 is 0 Å². The summed E-state index contributed by atoms with van der Waals surface area (Å²) in [7, 11) is 0. The maximum atomic E-state index is 12.0. The summed E-state index contributed by atoms with van der Waals surface area (Å²) in [5.41, 5.74) is 9.67. The predicted octanol–water partition coefficient (Wildman–Crippen LogP) is 2.31. The SMILES string of the molecule is NC(=O)[C@@H](Cc1cc2c3c(c1)nc(-c1cnn(C4COC4)c1)n3CCCO2)C1CC1. The second-order valence-electron chi connectivity index (χ2n) is 8.70. The van der Waals surface area contributed by atoms with E-state index in [9.17, 15) is 4.79 Å². The number of nitrogens with zero attached hydrogens (tertiary/aromatic N) is 4. The molecular formula is C22H25N5O3. The fourth-order valence-corrected chi connectivity index (χ4v) is 4.64. The first-order valence-electron chi connectivity index (χ1n) is 10.7. The molecule has 1 atom stereocenters. The molecule has 0 spiro atoms. The fourth-order valence-electron chi connectivity index (χ4n) is 4.64. The molecule has 0 unspecified atom stereocenters. The second kappa shape index (κ2) is 6.84. The molecule has 6 rings (SSSR count). The summed E-state index contributed by atoms with van der Waals surface area (Å²) in [6.45, 7) is 2.93. The van der Waals surface area contributed by atoms with Gasteiger partial charge in [-0.15, -0.1) is 0 Å². The zero-order valence-electron chi connectivity index (χ0n) is 16.8. The number of carbonyl (C=O) groups is 1. The molecule has 2 N–H and O–H groups in total. The maximum Gasteiger partial charge on any atom is 0.221 e. The van der Waals surface area contributed by atoms with Gasteiger partial charge in [-0.3, -0.25) is 9.48 Å². The van der Waals surface area contributed by atoms with Crippen molar-refractivity contribution in [2.24, 2.45) is 17.6 Å². The van der Waals surface area contributed by atoms with E-state index in [1.54, 1.807) is 0 Å². The number of aromatic nitrogens is 4. The van der Waals surface area contributed by atoms with Gasteiger partial charge in [-0.1, -0.05) is 0 Å². The number of hydrogen-bond donors (Lipinski definition) is 1. The first-order valence-corrected chi connectivity index (χ1v) is 10.7. The topological polar surface area (TPSA) is 97.2 Å². The van der Waals surface area contributed by atoms with Crippen LogP contribution in [0.25, 0.3) is 22.4 Å². The highest BCUT2D eigenvalue weighted by Gasteiger charge is 2.35. The summed E-state index contributed by atoms with van der Waals surface area (Å²) in [5, 5.41) is 4.53. The van der Waals surface area contributed by atoms with Gasteiger partial charge >= 0.3 is 0 Å². The Morgan fingerprint density at radius 3 is 2.90 bits per heavy atom. The van der Waals surface area contributed by atoms with E-state index < -0.39 is 0 Å². The molecule has 1 saturated heterocycles. The quantitative estimate of drug-likeness (QED) is 0.676. The van der Waals surface area contributed by atoms with Crippen molar-refractivity contribution in [1.29, 1.82) is 0 Å². The lowest BCUT2D eigenvalue weighted by atomic mass is 9.94. The summed E-state index contributed by atoms with van der Waals surface area (Å²) in [5.74, 6) is 1.87. The van der Waals surface area contributed by atoms with Crippen LogP contribution in [-0.4, -0.2) is 45.1 Å². The van der Waals surface area contributed by atoms with Gasteiger partial charge < -0.3 is 19.8 Å². The first kappa shape index (κ1) is 17.9. The smallest absolute Gasteiger partial charge is 0.221 e. The van der Waals surface area contributed by atoms with Crippen molar-refractivity contribution in [3.05, 3.63) is 30.1 Å². The molecule has 30 heavy (non-hydrogen) atoms. The number of ether oxygens (including phenoxy) is 2. The highest BCUT2D eigenvalue weighted by atomic mass is 16.5. The molecule has 4 heterocycles. The van der Waals surface area contributed by atoms with Crippen molar-refractivity contribution in [2.75, 3.05) is 19.8 Å². The normalized spacial score (nSPS) is 19.9. The Hall–Kier alpha value is -2.87. The molecule has 8 nitrogen and oxygen atoms in total. The van der Waals surface area contributed by atoms with Crippen LogP contribution in [-0.2, 0) is 22.5 Å². The van der Waals surface area contributed by atoms with Crippen LogP contribution in [0.5, 0.6) is 5.75 Å². The summed E-state index contributed by atoms with van der Waals surface area (Å²) < 4.78 is 15.6. The van der Waals surface area contributed by atoms with E-state index in [4.69, 9.17) is 20.2 Å². The molecule has 1 aliphatic carbocycles. The van der Waals surface area contributed by atoms with Gasteiger partial charge in [0.2, 0.25) is 5.91 Å². The summed E-state index contributed by atoms with van der Waals surface area (Å²) in [4.78, 5) is 16.9. The molecule has 3 aliphatic rings. The number of carbonyl (C=O) groups excluding carboxylic acids is 1. The van der Waals surface area contributed by atoms with Gasteiger partial charge in [0.15, 0.2) is 0 Å². The molecule has 1 saturated carbocycles. The standard InChI is InChI=1S/C22H25N5O3/c23-21(28)17(14-2-3-14)6-13-7-18-20-19(8-13)30-5-1-4-26(20)22(25-18)15-9-24-27(10-15)16-11-29-12-16/h7-10,14,16-17H,1-6,11-12H2,(H2,23,28)/t17-/m0/s1. The van der Waals surface area contributed by atoms with E-state index in [1.807, 2.05) is 10.9 Å². The number of rotatable bonds is 6. The first-order chi connectivity index (χ1) is 14.7. The van der Waals surface area contributed by atoms with Crippen LogP contribution < -0.4 is 10.5 Å². The van der Waals surface area contributed by atoms with Crippen molar-refractivity contribution in [3.63, 3.8) is 0 Å². The van der Waals surface area contributed by atoms with E-state index in [2.05, 4.69) is 28.0 Å². The molecule has 0 bridgehead atoms. The predicted molar refractivity (Wildman–Crippen MR) is 110 cm³/mol. The third-order valence-corrected chi connectivity index (χ3v) is 6.52. The zero-order chi connectivity index (χ0) is 20.2. The number of imidazole rings is 1. The molecule has 3 aromatic rings. The number of primary amides is 1. The molecule has 156 valence electrons. The molecule has 0 radical (unpaired) electrons. The minimum Gasteiger partial charge on any atom is -0.491 e. The Kier molecular flexibility index (Phi) is 4.09. The van der Waals surface area contributed by atoms with Crippen LogP contribution in [0.4, 0.5) is 0 Å². The van der Waals surface area contributed by atoms with Crippen LogP contribution in [0.15, 0.2) is 24.5 Å². The molecule has 2 fully saturated rings. The minimum atomic E-state index is -0.206. The highest BCUT2D eigenvalue weighted by Crippen LogP contribution is 2.40. The Bertz CT molecular complexity index is 1130. The average Bonchev–Trinajstić information content (AvgIpc) is 3.35. The number of hydrogen-bond acceptors (Lipinski definition) is 5. The highest BCUT2D eigenvalue weighted by molar-refractivity contribution is 5.87. The van der Waals surface area contributed by atoms with Crippen LogP contribution in [0.1, 0.15) is 30.9 Å². The molecule has 1 aromatic carbocycles. The summed E-state index contributed by atoms with van der Waals surface area (Å²) >= 11 is 0. The third-order valence-electron chi connectivity index (χ3n) is 6.52. The average molecular weight is 407 g/mol. The summed E-state index contributed by atoms with van der Waals surface area (Å²) in [6, 6.07) is 4.48. The van der Waals surface area contributed by atoms with Crippen LogP contribution in [0.3, 0.4) is 0 Å². The van der Waals surface area contributed by atoms with Gasteiger partial charge in [-0.2, -0.15) is 5.10 Å². The van der Waals surface area contributed by atoms with Crippen LogP contribution in [0.2, 0.25) is 0 Å². The number of benzene rings is 1. The Balaban J connectivity index is 1.41. The van der Waals surface area contributed by atoms with Gasteiger partial charge in [-0.25, -0.2) is 4.98 Å².